The summed E-state index contributed by atoms with van der Waals surface area (Å²) in [5.74, 6) is -0.277. The minimum absolute atomic E-state index is 0.0757. The van der Waals surface area contributed by atoms with Crippen LogP contribution in [0.25, 0.3) is 0 Å². The van der Waals surface area contributed by atoms with Crippen molar-refractivity contribution in [2.75, 3.05) is 52.6 Å². The fourth-order valence-electron chi connectivity index (χ4n) is 3.25. The van der Waals surface area contributed by atoms with Crippen LogP contribution in [0.2, 0.25) is 0 Å². The Bertz CT molecular complexity index is 881. The fraction of sp³-hybridized carbons (Fsp3) is 0.632. The zero-order valence-electron chi connectivity index (χ0n) is 18.2. The average Bonchev–Trinajstić information content (AvgIpc) is 2.70. The molecule has 1 heterocycles. The molecular formula is C19H31N5O5S. The molecule has 0 unspecified atom stereocenters. The van der Waals surface area contributed by atoms with Gasteiger partial charge in [0.25, 0.3) is 5.69 Å². The number of nitro groups is 1. The Morgan fingerprint density at radius 2 is 1.87 bits per heavy atom. The van der Waals surface area contributed by atoms with Crippen molar-refractivity contribution in [3.63, 3.8) is 0 Å². The molecule has 11 heteroatoms. The summed E-state index contributed by atoms with van der Waals surface area (Å²) in [6.07, 6.45) is 0.695. The first kappa shape index (κ1) is 24.0. The van der Waals surface area contributed by atoms with Gasteiger partial charge in [0.05, 0.1) is 9.82 Å². The lowest BCUT2D eigenvalue weighted by Gasteiger charge is -2.31. The number of sulfonamides is 1. The van der Waals surface area contributed by atoms with Gasteiger partial charge < -0.3 is 15.1 Å². The molecule has 1 saturated heterocycles. The summed E-state index contributed by atoms with van der Waals surface area (Å²) in [4.78, 5) is 27.0. The normalized spacial score (nSPS) is 17.9. The van der Waals surface area contributed by atoms with Gasteiger partial charge in [-0.25, -0.2) is 8.42 Å². The molecule has 1 fully saturated rings. The zero-order valence-corrected chi connectivity index (χ0v) is 19.0. The standard InChI is InChI=1S/C19H31N5O5S/c1-6-14(2)18(19(25)21(3)4)20-16-8-7-15(13-17(16)24(26)27)30(28,29)23-11-9-22(5)10-12-23/h7-8,13-14,18,20H,6,9-12H2,1-5H3/t14-,18-/m0/s1. The van der Waals surface area contributed by atoms with Crippen LogP contribution in [-0.4, -0.2) is 86.7 Å². The van der Waals surface area contributed by atoms with E-state index in [0.29, 0.717) is 32.6 Å². The van der Waals surface area contributed by atoms with Crippen molar-refractivity contribution < 1.29 is 18.1 Å². The molecular weight excluding hydrogens is 410 g/mol. The maximum atomic E-state index is 13.0. The molecule has 0 spiro atoms. The predicted octanol–water partition coefficient (Wildman–Crippen LogP) is 1.45. The molecule has 1 aromatic rings. The van der Waals surface area contributed by atoms with Gasteiger partial charge in [0.1, 0.15) is 11.7 Å². The van der Waals surface area contributed by atoms with Crippen molar-refractivity contribution in [3.8, 4) is 0 Å². The van der Waals surface area contributed by atoms with Crippen molar-refractivity contribution in [3.05, 3.63) is 28.3 Å². The molecule has 1 N–H and O–H groups in total. The molecule has 0 saturated carbocycles. The summed E-state index contributed by atoms with van der Waals surface area (Å²) >= 11 is 0. The highest BCUT2D eigenvalue weighted by atomic mass is 32.2. The van der Waals surface area contributed by atoms with Gasteiger partial charge in [-0.2, -0.15) is 4.31 Å². The van der Waals surface area contributed by atoms with Crippen molar-refractivity contribution in [2.45, 2.75) is 31.2 Å². The van der Waals surface area contributed by atoms with Crippen LogP contribution in [0.3, 0.4) is 0 Å². The van der Waals surface area contributed by atoms with Crippen LogP contribution in [-0.2, 0) is 14.8 Å². The molecule has 0 radical (unpaired) electrons. The Labute approximate surface area is 178 Å². The summed E-state index contributed by atoms with van der Waals surface area (Å²) in [5.41, 5.74) is -0.247. The van der Waals surface area contributed by atoms with Crippen LogP contribution in [0.4, 0.5) is 11.4 Å². The van der Waals surface area contributed by atoms with Gasteiger partial charge in [-0.15, -0.1) is 0 Å². The smallest absolute Gasteiger partial charge is 0.293 e. The average molecular weight is 442 g/mol. The van der Waals surface area contributed by atoms with Crippen molar-refractivity contribution in [1.29, 1.82) is 0 Å². The number of carbonyl (C=O) groups excluding carboxylic acids is 1. The number of benzene rings is 1. The van der Waals surface area contributed by atoms with Crippen LogP contribution in [0.5, 0.6) is 0 Å². The molecule has 1 aliphatic rings. The zero-order chi connectivity index (χ0) is 22.6. The van der Waals surface area contributed by atoms with E-state index in [1.807, 2.05) is 25.8 Å². The molecule has 0 aliphatic carbocycles. The maximum absolute atomic E-state index is 13.0. The summed E-state index contributed by atoms with van der Waals surface area (Å²) in [7, 11) is 1.33. The number of likely N-dealkylation sites (N-methyl/N-ethyl adjacent to an activating group) is 2. The first-order valence-electron chi connectivity index (χ1n) is 9.93. The molecule has 1 amide bonds. The topological polar surface area (TPSA) is 116 Å². The second-order valence-corrected chi connectivity index (χ2v) is 9.82. The van der Waals surface area contributed by atoms with E-state index >= 15 is 0 Å². The van der Waals surface area contributed by atoms with Gasteiger partial charge in [-0.1, -0.05) is 20.3 Å². The number of anilines is 1. The third kappa shape index (κ3) is 5.27. The molecule has 0 bridgehead atoms. The first-order chi connectivity index (χ1) is 14.0. The summed E-state index contributed by atoms with van der Waals surface area (Å²) in [6.45, 7) is 5.69. The van der Waals surface area contributed by atoms with E-state index < -0.39 is 21.0 Å². The highest BCUT2D eigenvalue weighted by Gasteiger charge is 2.32. The lowest BCUT2D eigenvalue weighted by molar-refractivity contribution is -0.384. The van der Waals surface area contributed by atoms with E-state index in [1.54, 1.807) is 14.1 Å². The van der Waals surface area contributed by atoms with Gasteiger partial charge in [0, 0.05) is 46.3 Å². The number of rotatable bonds is 8. The molecule has 0 aromatic heterocycles. The number of nitro benzene ring substituents is 1. The van der Waals surface area contributed by atoms with Crippen molar-refractivity contribution >= 4 is 27.3 Å². The molecule has 2 atom stereocenters. The monoisotopic (exact) mass is 441 g/mol. The lowest BCUT2D eigenvalue weighted by atomic mass is 9.97. The van der Waals surface area contributed by atoms with E-state index in [1.165, 1.54) is 21.3 Å². The Morgan fingerprint density at radius 3 is 2.37 bits per heavy atom. The number of hydrogen-bond acceptors (Lipinski definition) is 7. The third-order valence-electron chi connectivity index (χ3n) is 5.50. The number of hydrogen-bond donors (Lipinski definition) is 1. The molecule has 1 aliphatic heterocycles. The lowest BCUT2D eigenvalue weighted by Crippen LogP contribution is -2.47. The second kappa shape index (κ2) is 9.71. The van der Waals surface area contributed by atoms with Crippen LogP contribution >= 0.6 is 0 Å². The number of nitrogens with zero attached hydrogens (tertiary/aromatic N) is 4. The predicted molar refractivity (Wildman–Crippen MR) is 115 cm³/mol. The molecule has 168 valence electrons. The van der Waals surface area contributed by atoms with Gasteiger partial charge >= 0.3 is 0 Å². The van der Waals surface area contributed by atoms with Gasteiger partial charge in [0.2, 0.25) is 15.9 Å². The highest BCUT2D eigenvalue weighted by Crippen LogP contribution is 2.31. The van der Waals surface area contributed by atoms with Crippen LogP contribution < -0.4 is 5.32 Å². The largest absolute Gasteiger partial charge is 0.368 e. The summed E-state index contributed by atoms with van der Waals surface area (Å²) < 4.78 is 27.3. The van der Waals surface area contributed by atoms with Crippen molar-refractivity contribution in [1.82, 2.24) is 14.1 Å². The first-order valence-corrected chi connectivity index (χ1v) is 11.4. The third-order valence-corrected chi connectivity index (χ3v) is 7.39. The Balaban J connectivity index is 2.39. The van der Waals surface area contributed by atoms with E-state index in [2.05, 4.69) is 5.32 Å². The fourth-order valence-corrected chi connectivity index (χ4v) is 4.69. The number of piperazine rings is 1. The number of carbonyl (C=O) groups is 1. The number of nitrogens with one attached hydrogen (secondary N) is 1. The Hall–Kier alpha value is -2.24. The second-order valence-electron chi connectivity index (χ2n) is 7.88. The van der Waals surface area contributed by atoms with Crippen LogP contribution in [0.1, 0.15) is 20.3 Å². The SMILES string of the molecule is CC[C@H](C)[C@H](Nc1ccc(S(=O)(=O)N2CCN(C)CC2)cc1[N+](=O)[O-])C(=O)N(C)C. The maximum Gasteiger partial charge on any atom is 0.293 e. The minimum Gasteiger partial charge on any atom is -0.368 e. The quantitative estimate of drug-likeness (QED) is 0.479. The van der Waals surface area contributed by atoms with E-state index in [0.717, 1.165) is 6.07 Å². The van der Waals surface area contributed by atoms with Crippen molar-refractivity contribution in [2.24, 2.45) is 5.92 Å². The summed E-state index contributed by atoms with van der Waals surface area (Å²) in [5, 5.41) is 14.7. The van der Waals surface area contributed by atoms with Gasteiger partial charge in [-0.3, -0.25) is 14.9 Å². The molecule has 1 aromatic carbocycles. The summed E-state index contributed by atoms with van der Waals surface area (Å²) in [6, 6.07) is 3.14. The van der Waals surface area contributed by atoms with Crippen LogP contribution in [0.15, 0.2) is 23.1 Å². The van der Waals surface area contributed by atoms with Crippen LogP contribution in [0, 0.1) is 16.0 Å². The Kier molecular flexibility index (Phi) is 7.78. The minimum atomic E-state index is -3.84. The molecule has 2 rings (SSSR count). The van der Waals surface area contributed by atoms with E-state index in [4.69, 9.17) is 0 Å². The molecule has 10 nitrogen and oxygen atoms in total. The van der Waals surface area contributed by atoms with E-state index in [9.17, 15) is 23.3 Å². The Morgan fingerprint density at radius 1 is 1.27 bits per heavy atom. The van der Waals surface area contributed by atoms with Gasteiger partial charge in [-0.05, 0) is 25.1 Å². The number of amides is 1. The van der Waals surface area contributed by atoms with Gasteiger partial charge in [0.15, 0.2) is 0 Å². The highest BCUT2D eigenvalue weighted by molar-refractivity contribution is 7.89. The van der Waals surface area contributed by atoms with E-state index in [-0.39, 0.29) is 28.1 Å². The molecule has 30 heavy (non-hydrogen) atoms.